The quantitative estimate of drug-likeness (QED) is 0.498. The van der Waals surface area contributed by atoms with Crippen molar-refractivity contribution in [1.82, 2.24) is 0 Å². The van der Waals surface area contributed by atoms with E-state index in [0.717, 1.165) is 11.6 Å². The van der Waals surface area contributed by atoms with Gasteiger partial charge in [0.05, 0.1) is 9.82 Å². The van der Waals surface area contributed by atoms with E-state index in [1.54, 1.807) is 18.9 Å². The van der Waals surface area contributed by atoms with Crippen molar-refractivity contribution in [3.05, 3.63) is 40.5 Å². The highest BCUT2D eigenvalue weighted by molar-refractivity contribution is 7.89. The first-order chi connectivity index (χ1) is 8.62. The molecule has 0 unspecified atom stereocenters. The van der Waals surface area contributed by atoms with Crippen LogP contribution in [0.1, 0.15) is 6.92 Å². The second-order valence-corrected chi connectivity index (χ2v) is 5.83. The third-order valence-electron chi connectivity index (χ3n) is 2.39. The van der Waals surface area contributed by atoms with Crippen LogP contribution < -0.4 is 10.0 Å². The lowest BCUT2D eigenvalue weighted by molar-refractivity contribution is -0.384. The van der Waals surface area contributed by atoms with Gasteiger partial charge < -0.3 is 4.90 Å². The summed E-state index contributed by atoms with van der Waals surface area (Å²) in [4.78, 5) is 11.7. The number of hydrogen-bond donors (Lipinski definition) is 1. The summed E-state index contributed by atoms with van der Waals surface area (Å²) in [6, 6.07) is 3.56. The lowest BCUT2D eigenvalue weighted by Gasteiger charge is -2.19. The summed E-state index contributed by atoms with van der Waals surface area (Å²) in [5.41, 5.74) is 0.822. The number of nitrogens with two attached hydrogens (primary N) is 1. The number of nitro benzene ring substituents is 1. The smallest absolute Gasteiger partial charge is 0.293 e. The Morgan fingerprint density at radius 1 is 1.53 bits per heavy atom. The van der Waals surface area contributed by atoms with Gasteiger partial charge >= 0.3 is 0 Å². The number of nitrogens with zero attached hydrogens (tertiary/aromatic N) is 2. The van der Waals surface area contributed by atoms with Crippen molar-refractivity contribution >= 4 is 21.4 Å². The Balaban J connectivity index is 3.34. The van der Waals surface area contributed by atoms with Gasteiger partial charge in [0.1, 0.15) is 5.69 Å². The van der Waals surface area contributed by atoms with Crippen molar-refractivity contribution in [3.63, 3.8) is 0 Å². The van der Waals surface area contributed by atoms with E-state index in [1.807, 2.05) is 0 Å². The van der Waals surface area contributed by atoms with Crippen molar-refractivity contribution in [2.75, 3.05) is 18.5 Å². The van der Waals surface area contributed by atoms with E-state index in [0.29, 0.717) is 12.2 Å². The van der Waals surface area contributed by atoms with E-state index in [-0.39, 0.29) is 10.6 Å². The molecular formula is C11H15N3O4S. The number of primary sulfonamides is 1. The van der Waals surface area contributed by atoms with Gasteiger partial charge in [0.25, 0.3) is 5.69 Å². The molecule has 0 aliphatic carbocycles. The maximum Gasteiger partial charge on any atom is 0.293 e. The molecule has 0 amide bonds. The molecule has 8 heteroatoms. The van der Waals surface area contributed by atoms with Crippen LogP contribution in [0.2, 0.25) is 0 Å². The Hall–Kier alpha value is -1.93. The Morgan fingerprint density at radius 3 is 2.53 bits per heavy atom. The fourth-order valence-corrected chi connectivity index (χ4v) is 2.17. The van der Waals surface area contributed by atoms with E-state index in [4.69, 9.17) is 5.14 Å². The molecule has 1 aromatic carbocycles. The van der Waals surface area contributed by atoms with Crippen molar-refractivity contribution in [2.24, 2.45) is 5.14 Å². The lowest BCUT2D eigenvalue weighted by atomic mass is 10.2. The first kappa shape index (κ1) is 15.1. The molecule has 7 nitrogen and oxygen atoms in total. The molecule has 104 valence electrons. The fourth-order valence-electron chi connectivity index (χ4n) is 1.64. The largest absolute Gasteiger partial charge is 0.365 e. The van der Waals surface area contributed by atoms with Crippen molar-refractivity contribution in [3.8, 4) is 0 Å². The average molecular weight is 285 g/mol. The Bertz CT molecular complexity index is 625. The van der Waals surface area contributed by atoms with Crippen LogP contribution in [0.5, 0.6) is 0 Å². The summed E-state index contributed by atoms with van der Waals surface area (Å²) in [5.74, 6) is 0. The highest BCUT2D eigenvalue weighted by Crippen LogP contribution is 2.30. The molecular weight excluding hydrogens is 270 g/mol. The zero-order valence-corrected chi connectivity index (χ0v) is 11.5. The Morgan fingerprint density at radius 2 is 2.11 bits per heavy atom. The second kappa shape index (κ2) is 5.37. The van der Waals surface area contributed by atoms with Crippen molar-refractivity contribution in [1.29, 1.82) is 0 Å². The van der Waals surface area contributed by atoms with Gasteiger partial charge in [0, 0.05) is 19.7 Å². The van der Waals surface area contributed by atoms with Gasteiger partial charge in [-0.1, -0.05) is 12.2 Å². The third-order valence-corrected chi connectivity index (χ3v) is 3.30. The molecule has 0 aliphatic rings. The molecule has 0 aromatic heterocycles. The molecule has 0 saturated carbocycles. The second-order valence-electron chi connectivity index (χ2n) is 4.27. The van der Waals surface area contributed by atoms with Crippen LogP contribution in [-0.4, -0.2) is 26.9 Å². The van der Waals surface area contributed by atoms with Gasteiger partial charge in [-0.05, 0) is 19.1 Å². The van der Waals surface area contributed by atoms with Gasteiger partial charge in [-0.25, -0.2) is 13.6 Å². The normalized spacial score (nSPS) is 11.1. The van der Waals surface area contributed by atoms with Gasteiger partial charge in [-0.2, -0.15) is 0 Å². The average Bonchev–Trinajstić information content (AvgIpc) is 2.25. The molecule has 0 atom stereocenters. The number of nitro groups is 1. The van der Waals surface area contributed by atoms with Crippen LogP contribution in [0.15, 0.2) is 35.2 Å². The van der Waals surface area contributed by atoms with Gasteiger partial charge in [-0.3, -0.25) is 10.1 Å². The minimum Gasteiger partial charge on any atom is -0.365 e. The van der Waals surface area contributed by atoms with Crippen LogP contribution in [-0.2, 0) is 10.0 Å². The molecule has 2 N–H and O–H groups in total. The summed E-state index contributed by atoms with van der Waals surface area (Å²) in [7, 11) is -2.30. The monoisotopic (exact) mass is 285 g/mol. The number of rotatable bonds is 5. The standard InChI is InChI=1S/C11H15N3O4S/c1-8(2)7-13(3)10-5-4-9(19(12,17)18)6-11(10)14(15)16/h4-6H,1,7H2,2-3H3,(H2,12,17,18). The Kier molecular flexibility index (Phi) is 4.28. The molecule has 1 rings (SSSR count). The number of anilines is 1. The molecule has 0 heterocycles. The first-order valence-corrected chi connectivity index (χ1v) is 6.84. The zero-order valence-electron chi connectivity index (χ0n) is 10.7. The van der Waals surface area contributed by atoms with E-state index >= 15 is 0 Å². The Labute approximate surface area is 111 Å². The highest BCUT2D eigenvalue weighted by Gasteiger charge is 2.21. The van der Waals surface area contributed by atoms with E-state index in [2.05, 4.69) is 6.58 Å². The number of hydrogen-bond acceptors (Lipinski definition) is 5. The van der Waals surface area contributed by atoms with E-state index < -0.39 is 14.9 Å². The number of sulfonamides is 1. The lowest BCUT2D eigenvalue weighted by Crippen LogP contribution is -2.20. The number of likely N-dealkylation sites (N-methyl/N-ethyl adjacent to an activating group) is 1. The van der Waals surface area contributed by atoms with Crippen LogP contribution in [0.4, 0.5) is 11.4 Å². The predicted octanol–water partition coefficient (Wildman–Crippen LogP) is 1.25. The van der Waals surface area contributed by atoms with E-state index in [9.17, 15) is 18.5 Å². The van der Waals surface area contributed by atoms with Crippen LogP contribution in [0.25, 0.3) is 0 Å². The maximum absolute atomic E-state index is 11.2. The molecule has 0 fully saturated rings. The minimum absolute atomic E-state index is 0.285. The summed E-state index contributed by atoms with van der Waals surface area (Å²) in [5, 5.41) is 16.0. The van der Waals surface area contributed by atoms with Gasteiger partial charge in [0.15, 0.2) is 0 Å². The summed E-state index contributed by atoms with van der Waals surface area (Å²) in [6.07, 6.45) is 0. The molecule has 19 heavy (non-hydrogen) atoms. The maximum atomic E-state index is 11.2. The van der Waals surface area contributed by atoms with Gasteiger partial charge in [-0.15, -0.1) is 0 Å². The zero-order chi connectivity index (χ0) is 14.8. The predicted molar refractivity (Wildman–Crippen MR) is 72.6 cm³/mol. The number of benzene rings is 1. The van der Waals surface area contributed by atoms with E-state index in [1.165, 1.54) is 12.1 Å². The molecule has 0 saturated heterocycles. The summed E-state index contributed by atoms with van der Waals surface area (Å²) < 4.78 is 22.4. The molecule has 0 radical (unpaired) electrons. The van der Waals surface area contributed by atoms with Crippen LogP contribution >= 0.6 is 0 Å². The topological polar surface area (TPSA) is 107 Å². The van der Waals surface area contributed by atoms with Crippen molar-refractivity contribution in [2.45, 2.75) is 11.8 Å². The third kappa shape index (κ3) is 3.76. The molecule has 0 aliphatic heterocycles. The summed E-state index contributed by atoms with van der Waals surface area (Å²) >= 11 is 0. The summed E-state index contributed by atoms with van der Waals surface area (Å²) in [6.45, 7) is 5.94. The van der Waals surface area contributed by atoms with Crippen LogP contribution in [0, 0.1) is 10.1 Å². The van der Waals surface area contributed by atoms with Gasteiger partial charge in [0.2, 0.25) is 10.0 Å². The van der Waals surface area contributed by atoms with Crippen molar-refractivity contribution < 1.29 is 13.3 Å². The fraction of sp³-hybridized carbons (Fsp3) is 0.273. The molecule has 1 aromatic rings. The molecule has 0 spiro atoms. The highest BCUT2D eigenvalue weighted by atomic mass is 32.2. The minimum atomic E-state index is -3.96. The SMILES string of the molecule is C=C(C)CN(C)c1ccc(S(N)(=O)=O)cc1[N+](=O)[O-]. The molecule has 0 bridgehead atoms. The van der Waals surface area contributed by atoms with Crippen LogP contribution in [0.3, 0.4) is 0 Å². The first-order valence-electron chi connectivity index (χ1n) is 5.29.